The van der Waals surface area contributed by atoms with E-state index in [1.54, 1.807) is 41.3 Å². The molecule has 0 aliphatic carbocycles. The monoisotopic (exact) mass is 540 g/mol. The van der Waals surface area contributed by atoms with E-state index in [0.29, 0.717) is 48.3 Å². The molecule has 0 saturated heterocycles. The molecule has 1 N–H and O–H groups in total. The normalized spacial score (nSPS) is 11.5. The van der Waals surface area contributed by atoms with Crippen LogP contribution >= 0.6 is 23.2 Å². The number of carbonyl (C=O) groups excluding carboxylic acids is 2. The summed E-state index contributed by atoms with van der Waals surface area (Å²) in [6.45, 7) is 3.36. The number of unbranched alkanes of at least 4 members (excludes halogenated alkanes) is 1. The Hall–Kier alpha value is -3.02. The van der Waals surface area contributed by atoms with E-state index in [1.807, 2.05) is 42.5 Å². The number of nitrogens with zero attached hydrogens (tertiary/aromatic N) is 1. The van der Waals surface area contributed by atoms with Crippen LogP contribution in [0.5, 0.6) is 5.75 Å². The van der Waals surface area contributed by atoms with Crippen molar-refractivity contribution in [1.82, 2.24) is 10.2 Å². The number of amides is 2. The van der Waals surface area contributed by atoms with Gasteiger partial charge in [0.2, 0.25) is 11.8 Å². The molecule has 1 atom stereocenters. The zero-order valence-electron chi connectivity index (χ0n) is 21.2. The molecule has 0 aliphatic heterocycles. The predicted molar refractivity (Wildman–Crippen MR) is 150 cm³/mol. The lowest BCUT2D eigenvalue weighted by molar-refractivity contribution is -0.141. The van der Waals surface area contributed by atoms with Gasteiger partial charge in [-0.15, -0.1) is 0 Å². The molecular formula is C30H34Cl2N2O3. The van der Waals surface area contributed by atoms with Crippen molar-refractivity contribution in [3.05, 3.63) is 100 Å². The highest BCUT2D eigenvalue weighted by molar-refractivity contribution is 6.30. The van der Waals surface area contributed by atoms with Crippen molar-refractivity contribution in [2.75, 3.05) is 13.2 Å². The van der Waals surface area contributed by atoms with E-state index in [-0.39, 0.29) is 18.2 Å². The molecular weight excluding hydrogens is 507 g/mol. The zero-order valence-corrected chi connectivity index (χ0v) is 22.7. The standard InChI is InChI=1S/C30H34Cl2N2O3/c1-2-3-19-33-30(36)28(21-23-8-5-4-6-9-23)34(22-24-11-13-25(31)14-12-24)29(35)10-7-20-37-27-17-15-26(32)16-18-27/h4-6,8-9,11-18,28H,2-3,7,10,19-22H2,1H3,(H,33,36)/t28-/m1/s1. The Morgan fingerprint density at radius 2 is 1.51 bits per heavy atom. The minimum Gasteiger partial charge on any atom is -0.494 e. The van der Waals surface area contributed by atoms with Crippen molar-refractivity contribution in [2.24, 2.45) is 0 Å². The van der Waals surface area contributed by atoms with Gasteiger partial charge in [-0.1, -0.05) is 79.0 Å². The van der Waals surface area contributed by atoms with Crippen LogP contribution in [0.15, 0.2) is 78.9 Å². The Bertz CT molecular complexity index is 1110. The summed E-state index contributed by atoms with van der Waals surface area (Å²) in [5, 5.41) is 4.30. The number of nitrogens with one attached hydrogen (secondary N) is 1. The number of hydrogen-bond donors (Lipinski definition) is 1. The Balaban J connectivity index is 1.76. The molecule has 5 nitrogen and oxygen atoms in total. The number of benzene rings is 3. The van der Waals surface area contributed by atoms with Gasteiger partial charge in [0.25, 0.3) is 0 Å². The summed E-state index contributed by atoms with van der Waals surface area (Å²) in [4.78, 5) is 28.7. The summed E-state index contributed by atoms with van der Waals surface area (Å²) in [5.74, 6) is 0.463. The maximum atomic E-state index is 13.6. The zero-order chi connectivity index (χ0) is 26.5. The first-order valence-electron chi connectivity index (χ1n) is 12.7. The Labute approximate surface area is 229 Å². The molecule has 0 aromatic heterocycles. The number of rotatable bonds is 14. The molecule has 0 radical (unpaired) electrons. The van der Waals surface area contributed by atoms with Gasteiger partial charge in [0, 0.05) is 36.0 Å². The summed E-state index contributed by atoms with van der Waals surface area (Å²) >= 11 is 12.0. The summed E-state index contributed by atoms with van der Waals surface area (Å²) in [7, 11) is 0. The van der Waals surface area contributed by atoms with Crippen LogP contribution in [0, 0.1) is 0 Å². The fraction of sp³-hybridized carbons (Fsp3) is 0.333. The van der Waals surface area contributed by atoms with Gasteiger partial charge in [-0.05, 0) is 60.4 Å². The fourth-order valence-electron chi connectivity index (χ4n) is 3.93. The third kappa shape index (κ3) is 9.75. The molecule has 0 bridgehead atoms. The third-order valence-electron chi connectivity index (χ3n) is 5.98. The fourth-order valence-corrected chi connectivity index (χ4v) is 4.19. The minimum absolute atomic E-state index is 0.0961. The maximum absolute atomic E-state index is 13.6. The predicted octanol–water partition coefficient (Wildman–Crippen LogP) is 6.71. The topological polar surface area (TPSA) is 58.6 Å². The molecule has 3 aromatic carbocycles. The average molecular weight is 542 g/mol. The number of carbonyl (C=O) groups is 2. The molecule has 0 fully saturated rings. The molecule has 0 aliphatic rings. The van der Waals surface area contributed by atoms with Gasteiger partial charge < -0.3 is 15.0 Å². The summed E-state index contributed by atoms with van der Waals surface area (Å²) < 4.78 is 5.77. The second kappa shape index (κ2) is 15.3. The molecule has 7 heteroatoms. The second-order valence-corrected chi connectivity index (χ2v) is 9.78. The van der Waals surface area contributed by atoms with E-state index < -0.39 is 6.04 Å². The van der Waals surface area contributed by atoms with E-state index >= 15 is 0 Å². The SMILES string of the molecule is CCCCNC(=O)[C@@H](Cc1ccccc1)N(Cc1ccc(Cl)cc1)C(=O)CCCOc1ccc(Cl)cc1. The van der Waals surface area contributed by atoms with Crippen LogP contribution in [0.2, 0.25) is 10.0 Å². The van der Waals surface area contributed by atoms with E-state index in [9.17, 15) is 9.59 Å². The highest BCUT2D eigenvalue weighted by Gasteiger charge is 2.30. The van der Waals surface area contributed by atoms with Crippen molar-refractivity contribution in [2.45, 2.75) is 51.6 Å². The van der Waals surface area contributed by atoms with Crippen LogP contribution in [0.3, 0.4) is 0 Å². The van der Waals surface area contributed by atoms with Crippen LogP contribution in [0.4, 0.5) is 0 Å². The first-order valence-corrected chi connectivity index (χ1v) is 13.5. The molecule has 0 spiro atoms. The van der Waals surface area contributed by atoms with Crippen LogP contribution in [-0.4, -0.2) is 35.9 Å². The largest absolute Gasteiger partial charge is 0.494 e. The van der Waals surface area contributed by atoms with E-state index in [4.69, 9.17) is 27.9 Å². The number of ether oxygens (including phenoxy) is 1. The summed E-state index contributed by atoms with van der Waals surface area (Å²) in [5.41, 5.74) is 1.91. The lowest BCUT2D eigenvalue weighted by Crippen LogP contribution is -2.50. The Morgan fingerprint density at radius 3 is 2.16 bits per heavy atom. The number of halogens is 2. The average Bonchev–Trinajstić information content (AvgIpc) is 2.91. The lowest BCUT2D eigenvalue weighted by atomic mass is 10.0. The molecule has 2 amide bonds. The van der Waals surface area contributed by atoms with E-state index in [0.717, 1.165) is 24.0 Å². The Morgan fingerprint density at radius 1 is 0.865 bits per heavy atom. The van der Waals surface area contributed by atoms with Crippen LogP contribution in [0.25, 0.3) is 0 Å². The third-order valence-corrected chi connectivity index (χ3v) is 6.49. The highest BCUT2D eigenvalue weighted by Crippen LogP contribution is 2.19. The van der Waals surface area contributed by atoms with Crippen molar-refractivity contribution in [3.8, 4) is 5.75 Å². The van der Waals surface area contributed by atoms with E-state index in [2.05, 4.69) is 12.2 Å². The van der Waals surface area contributed by atoms with E-state index in [1.165, 1.54) is 0 Å². The lowest BCUT2D eigenvalue weighted by Gasteiger charge is -2.31. The summed E-state index contributed by atoms with van der Waals surface area (Å²) in [6, 6.07) is 23.7. The maximum Gasteiger partial charge on any atom is 0.243 e. The van der Waals surface area contributed by atoms with Gasteiger partial charge in [0.1, 0.15) is 11.8 Å². The first-order chi connectivity index (χ1) is 18.0. The van der Waals surface area contributed by atoms with Gasteiger partial charge in [0.15, 0.2) is 0 Å². The molecule has 196 valence electrons. The molecule has 3 rings (SSSR count). The molecule has 0 unspecified atom stereocenters. The molecule has 37 heavy (non-hydrogen) atoms. The molecule has 0 heterocycles. The molecule has 3 aromatic rings. The van der Waals surface area contributed by atoms with Crippen molar-refractivity contribution in [3.63, 3.8) is 0 Å². The van der Waals surface area contributed by atoms with Crippen molar-refractivity contribution < 1.29 is 14.3 Å². The first kappa shape index (κ1) is 28.5. The second-order valence-electron chi connectivity index (χ2n) is 8.90. The van der Waals surface area contributed by atoms with Crippen LogP contribution in [-0.2, 0) is 22.6 Å². The van der Waals surface area contributed by atoms with Gasteiger partial charge in [-0.3, -0.25) is 9.59 Å². The summed E-state index contributed by atoms with van der Waals surface area (Å²) in [6.07, 6.45) is 3.07. The van der Waals surface area contributed by atoms with Crippen LogP contribution < -0.4 is 10.1 Å². The smallest absolute Gasteiger partial charge is 0.243 e. The van der Waals surface area contributed by atoms with Crippen molar-refractivity contribution >= 4 is 35.0 Å². The van der Waals surface area contributed by atoms with Crippen molar-refractivity contribution in [1.29, 1.82) is 0 Å². The quantitative estimate of drug-likeness (QED) is 0.231. The molecule has 0 saturated carbocycles. The Kier molecular flexibility index (Phi) is 11.8. The van der Waals surface area contributed by atoms with Gasteiger partial charge in [0.05, 0.1) is 6.61 Å². The van der Waals surface area contributed by atoms with Gasteiger partial charge in [-0.25, -0.2) is 0 Å². The minimum atomic E-state index is -0.639. The number of hydrogen-bond acceptors (Lipinski definition) is 3. The van der Waals surface area contributed by atoms with Gasteiger partial charge >= 0.3 is 0 Å². The van der Waals surface area contributed by atoms with Gasteiger partial charge in [-0.2, -0.15) is 0 Å². The highest BCUT2D eigenvalue weighted by atomic mass is 35.5. The van der Waals surface area contributed by atoms with Crippen LogP contribution in [0.1, 0.15) is 43.7 Å².